The van der Waals surface area contributed by atoms with Crippen LogP contribution in [0.15, 0.2) is 30.5 Å². The molecular weight excluding hydrogens is 272 g/mol. The van der Waals surface area contributed by atoms with E-state index in [-0.39, 0.29) is 6.10 Å². The summed E-state index contributed by atoms with van der Waals surface area (Å²) in [6.07, 6.45) is 3.42. The highest BCUT2D eigenvalue weighted by molar-refractivity contribution is 5.69. The molecule has 0 saturated carbocycles. The quantitative estimate of drug-likeness (QED) is 0.818. The minimum atomic E-state index is -0.574. The van der Waals surface area contributed by atoms with Crippen LogP contribution in [0.25, 0.3) is 11.1 Å². The molecule has 110 valence electrons. The van der Waals surface area contributed by atoms with E-state index in [1.165, 1.54) is 12.1 Å². The lowest BCUT2D eigenvalue weighted by Crippen LogP contribution is -2.28. The summed E-state index contributed by atoms with van der Waals surface area (Å²) in [5.74, 6) is -0.156. The van der Waals surface area contributed by atoms with Crippen molar-refractivity contribution in [1.29, 1.82) is 0 Å². The fourth-order valence-corrected chi connectivity index (χ4v) is 2.73. The van der Waals surface area contributed by atoms with Gasteiger partial charge in [-0.1, -0.05) is 13.8 Å². The highest BCUT2D eigenvalue weighted by atomic mass is 19.1. The van der Waals surface area contributed by atoms with Gasteiger partial charge in [0.15, 0.2) is 0 Å². The van der Waals surface area contributed by atoms with Crippen LogP contribution in [0.4, 0.5) is 8.78 Å². The molecule has 1 atom stereocenters. The third-order valence-corrected chi connectivity index (χ3v) is 3.92. The van der Waals surface area contributed by atoms with E-state index < -0.39 is 11.6 Å². The van der Waals surface area contributed by atoms with E-state index in [1.54, 1.807) is 12.3 Å². The Morgan fingerprint density at radius 1 is 1.19 bits per heavy atom. The Balaban J connectivity index is 2.04. The van der Waals surface area contributed by atoms with Crippen LogP contribution in [-0.2, 0) is 6.42 Å². The van der Waals surface area contributed by atoms with Crippen LogP contribution in [0.1, 0.15) is 25.8 Å². The van der Waals surface area contributed by atoms with Crippen LogP contribution in [0, 0.1) is 17.6 Å². The smallest absolute Gasteiger partial charge is 0.217 e. The Bertz CT molecular complexity index is 670. The first-order valence-electron chi connectivity index (χ1n) is 7.16. The normalized spacial score (nSPS) is 17.5. The molecule has 2 heterocycles. The maximum Gasteiger partial charge on any atom is 0.217 e. The zero-order chi connectivity index (χ0) is 15.0. The lowest BCUT2D eigenvalue weighted by molar-refractivity contribution is 0.120. The zero-order valence-electron chi connectivity index (χ0n) is 12.1. The van der Waals surface area contributed by atoms with Gasteiger partial charge in [-0.15, -0.1) is 0 Å². The Labute approximate surface area is 122 Å². The van der Waals surface area contributed by atoms with Gasteiger partial charge in [0.2, 0.25) is 5.88 Å². The number of ether oxygens (including phenoxy) is 1. The monoisotopic (exact) mass is 289 g/mol. The Kier molecular flexibility index (Phi) is 3.62. The third kappa shape index (κ3) is 2.62. The van der Waals surface area contributed by atoms with E-state index in [0.717, 1.165) is 30.0 Å². The Hall–Kier alpha value is -1.97. The zero-order valence-corrected chi connectivity index (χ0v) is 12.1. The number of benzene rings is 1. The van der Waals surface area contributed by atoms with Crippen LogP contribution >= 0.6 is 0 Å². The maximum absolute atomic E-state index is 14.0. The van der Waals surface area contributed by atoms with Crippen LogP contribution in [-0.4, -0.2) is 11.1 Å². The Morgan fingerprint density at radius 3 is 2.71 bits per heavy atom. The molecule has 0 unspecified atom stereocenters. The Morgan fingerprint density at radius 2 is 2.00 bits per heavy atom. The molecule has 1 aromatic carbocycles. The van der Waals surface area contributed by atoms with Gasteiger partial charge >= 0.3 is 0 Å². The van der Waals surface area contributed by atoms with Crippen molar-refractivity contribution < 1.29 is 13.5 Å². The van der Waals surface area contributed by atoms with E-state index in [0.29, 0.717) is 17.4 Å². The highest BCUT2D eigenvalue weighted by Gasteiger charge is 2.26. The van der Waals surface area contributed by atoms with Crippen LogP contribution < -0.4 is 4.74 Å². The minimum absolute atomic E-state index is 0.137. The maximum atomic E-state index is 14.0. The third-order valence-electron chi connectivity index (χ3n) is 3.92. The first-order chi connectivity index (χ1) is 10.1. The minimum Gasteiger partial charge on any atom is -0.474 e. The van der Waals surface area contributed by atoms with Crippen molar-refractivity contribution in [2.24, 2.45) is 5.92 Å². The first-order valence-corrected chi connectivity index (χ1v) is 7.16. The van der Waals surface area contributed by atoms with Crippen molar-refractivity contribution in [2.75, 3.05) is 0 Å². The van der Waals surface area contributed by atoms with E-state index in [9.17, 15) is 8.78 Å². The number of nitrogens with zero attached hydrogens (tertiary/aromatic N) is 1. The van der Waals surface area contributed by atoms with Gasteiger partial charge in [-0.05, 0) is 42.5 Å². The summed E-state index contributed by atoms with van der Waals surface area (Å²) >= 11 is 0. The molecule has 0 N–H and O–H groups in total. The van der Waals surface area contributed by atoms with Gasteiger partial charge < -0.3 is 4.74 Å². The van der Waals surface area contributed by atoms with Crippen molar-refractivity contribution in [1.82, 2.24) is 4.98 Å². The molecule has 0 amide bonds. The molecule has 21 heavy (non-hydrogen) atoms. The van der Waals surface area contributed by atoms with Crippen LogP contribution in [0.5, 0.6) is 5.88 Å². The van der Waals surface area contributed by atoms with Gasteiger partial charge in [0, 0.05) is 23.4 Å². The van der Waals surface area contributed by atoms with Crippen LogP contribution in [0.2, 0.25) is 0 Å². The SMILES string of the molecule is CC(C)[C@@H]1CCc2c(-c3ccc(F)cc3F)ccnc2O1. The van der Waals surface area contributed by atoms with Crippen molar-refractivity contribution in [2.45, 2.75) is 32.8 Å². The molecule has 0 bridgehead atoms. The second-order valence-electron chi connectivity index (χ2n) is 5.71. The predicted octanol–water partition coefficient (Wildman–Crippen LogP) is 4.38. The lowest BCUT2D eigenvalue weighted by Gasteiger charge is -2.29. The lowest BCUT2D eigenvalue weighted by atomic mass is 9.92. The molecule has 4 heteroatoms. The predicted molar refractivity (Wildman–Crippen MR) is 77.2 cm³/mol. The van der Waals surface area contributed by atoms with Crippen molar-refractivity contribution in [3.63, 3.8) is 0 Å². The molecule has 0 fully saturated rings. The topological polar surface area (TPSA) is 22.1 Å². The molecule has 1 aliphatic rings. The van der Waals surface area contributed by atoms with Gasteiger partial charge in [-0.2, -0.15) is 0 Å². The van der Waals surface area contributed by atoms with Gasteiger partial charge in [0.25, 0.3) is 0 Å². The molecular formula is C17H17F2NO. The van der Waals surface area contributed by atoms with Crippen LogP contribution in [0.3, 0.4) is 0 Å². The average Bonchev–Trinajstić information content (AvgIpc) is 2.46. The highest BCUT2D eigenvalue weighted by Crippen LogP contribution is 2.36. The number of rotatable bonds is 2. The standard InChI is InChI=1S/C17H17F2NO/c1-10(2)16-6-5-14-12(7-8-20-17(14)21-16)13-4-3-11(18)9-15(13)19/h3-4,7-10,16H,5-6H2,1-2H3/t16-/m0/s1. The molecule has 0 radical (unpaired) electrons. The van der Waals surface area contributed by atoms with E-state index in [4.69, 9.17) is 4.74 Å². The van der Waals surface area contributed by atoms with E-state index in [2.05, 4.69) is 18.8 Å². The van der Waals surface area contributed by atoms with Crippen molar-refractivity contribution in [3.8, 4) is 17.0 Å². The molecule has 0 saturated heterocycles. The molecule has 0 spiro atoms. The molecule has 0 aliphatic carbocycles. The second-order valence-corrected chi connectivity index (χ2v) is 5.71. The summed E-state index contributed by atoms with van der Waals surface area (Å²) in [4.78, 5) is 4.27. The number of halogens is 2. The molecule has 2 aromatic rings. The summed E-state index contributed by atoms with van der Waals surface area (Å²) in [6.45, 7) is 4.22. The fourth-order valence-electron chi connectivity index (χ4n) is 2.73. The molecule has 1 aromatic heterocycles. The summed E-state index contributed by atoms with van der Waals surface area (Å²) in [6, 6.07) is 5.40. The molecule has 3 rings (SSSR count). The van der Waals surface area contributed by atoms with E-state index >= 15 is 0 Å². The van der Waals surface area contributed by atoms with Gasteiger partial charge in [-0.25, -0.2) is 13.8 Å². The van der Waals surface area contributed by atoms with E-state index in [1.807, 2.05) is 0 Å². The van der Waals surface area contributed by atoms with Gasteiger partial charge in [-0.3, -0.25) is 0 Å². The first kappa shape index (κ1) is 14.0. The number of hydrogen-bond donors (Lipinski definition) is 0. The number of aromatic nitrogens is 1. The van der Waals surface area contributed by atoms with Crippen molar-refractivity contribution in [3.05, 3.63) is 47.7 Å². The second kappa shape index (κ2) is 5.43. The average molecular weight is 289 g/mol. The summed E-state index contributed by atoms with van der Waals surface area (Å²) in [7, 11) is 0. The fraction of sp³-hybridized carbons (Fsp3) is 0.353. The summed E-state index contributed by atoms with van der Waals surface area (Å²) < 4.78 is 33.0. The van der Waals surface area contributed by atoms with Gasteiger partial charge in [0.05, 0.1) is 0 Å². The largest absolute Gasteiger partial charge is 0.474 e. The van der Waals surface area contributed by atoms with Gasteiger partial charge in [0.1, 0.15) is 17.7 Å². The summed E-state index contributed by atoms with van der Waals surface area (Å²) in [5.41, 5.74) is 2.03. The molecule has 2 nitrogen and oxygen atoms in total. The number of fused-ring (bicyclic) bond motifs is 1. The van der Waals surface area contributed by atoms with Crippen molar-refractivity contribution >= 4 is 0 Å². The summed E-state index contributed by atoms with van der Waals surface area (Å²) in [5, 5.41) is 0. The number of pyridine rings is 1. The number of hydrogen-bond acceptors (Lipinski definition) is 2. The molecule has 1 aliphatic heterocycles.